The van der Waals surface area contributed by atoms with Crippen molar-refractivity contribution in [2.24, 2.45) is 0 Å². The summed E-state index contributed by atoms with van der Waals surface area (Å²) < 4.78 is 8.39. The molecule has 154 valence electrons. The van der Waals surface area contributed by atoms with E-state index in [9.17, 15) is 9.59 Å². The standard InChI is InChI=1S/C23H23N3O3S/c1-13-24-18-7-6-14(10-19(18)30-13)16-11-15(26-9-8-20(27)25-22(26)28)12-17(21(16)29-5)23(2,3)4/h6-12H,1-5H3,(H,25,27,28). The Hall–Kier alpha value is -3.19. The van der Waals surface area contributed by atoms with Crippen molar-refractivity contribution in [2.75, 3.05) is 7.11 Å². The van der Waals surface area contributed by atoms with Gasteiger partial charge in [-0.15, -0.1) is 11.3 Å². The second kappa shape index (κ2) is 7.25. The van der Waals surface area contributed by atoms with Gasteiger partial charge in [0.1, 0.15) is 5.75 Å². The Kier molecular flexibility index (Phi) is 4.86. The van der Waals surface area contributed by atoms with Crippen molar-refractivity contribution in [2.45, 2.75) is 33.1 Å². The number of benzene rings is 2. The minimum absolute atomic E-state index is 0.229. The maximum Gasteiger partial charge on any atom is 0.332 e. The number of aryl methyl sites for hydroxylation is 1. The summed E-state index contributed by atoms with van der Waals surface area (Å²) in [6, 6.07) is 11.3. The van der Waals surface area contributed by atoms with E-state index in [-0.39, 0.29) is 5.41 Å². The molecule has 0 aliphatic rings. The van der Waals surface area contributed by atoms with Crippen LogP contribution in [0.25, 0.3) is 27.0 Å². The van der Waals surface area contributed by atoms with E-state index in [1.807, 2.05) is 31.2 Å². The van der Waals surface area contributed by atoms with Crippen LogP contribution in [0.5, 0.6) is 5.75 Å². The molecule has 0 atom stereocenters. The predicted octanol–water partition coefficient (Wildman–Crippen LogP) is 4.42. The summed E-state index contributed by atoms with van der Waals surface area (Å²) in [6.45, 7) is 8.29. The quantitative estimate of drug-likeness (QED) is 0.531. The third-order valence-corrected chi connectivity index (χ3v) is 5.93. The molecule has 2 aromatic carbocycles. The fourth-order valence-electron chi connectivity index (χ4n) is 3.57. The molecule has 7 heteroatoms. The van der Waals surface area contributed by atoms with Gasteiger partial charge in [-0.1, -0.05) is 26.8 Å². The van der Waals surface area contributed by atoms with Crippen LogP contribution in [0.2, 0.25) is 0 Å². The first-order chi connectivity index (χ1) is 14.2. The Morgan fingerprint density at radius 1 is 1.10 bits per heavy atom. The molecule has 1 N–H and O–H groups in total. The smallest absolute Gasteiger partial charge is 0.332 e. The van der Waals surface area contributed by atoms with Crippen molar-refractivity contribution in [3.8, 4) is 22.6 Å². The van der Waals surface area contributed by atoms with Gasteiger partial charge in [0.25, 0.3) is 5.56 Å². The van der Waals surface area contributed by atoms with Crippen molar-refractivity contribution in [3.63, 3.8) is 0 Å². The minimum atomic E-state index is -0.480. The molecule has 0 radical (unpaired) electrons. The molecular formula is C23H23N3O3S. The Labute approximate surface area is 177 Å². The number of thiazole rings is 1. The van der Waals surface area contributed by atoms with Crippen molar-refractivity contribution < 1.29 is 4.74 Å². The molecule has 6 nitrogen and oxygen atoms in total. The highest BCUT2D eigenvalue weighted by molar-refractivity contribution is 7.18. The summed E-state index contributed by atoms with van der Waals surface area (Å²) in [5.74, 6) is 0.768. The molecule has 4 rings (SSSR count). The number of ether oxygens (including phenoxy) is 1. The molecule has 0 saturated heterocycles. The largest absolute Gasteiger partial charge is 0.496 e. The van der Waals surface area contributed by atoms with Crippen molar-refractivity contribution in [3.05, 3.63) is 74.0 Å². The van der Waals surface area contributed by atoms with E-state index < -0.39 is 11.2 Å². The van der Waals surface area contributed by atoms with E-state index >= 15 is 0 Å². The third kappa shape index (κ3) is 3.57. The van der Waals surface area contributed by atoms with Crippen LogP contribution in [-0.2, 0) is 5.41 Å². The lowest BCUT2D eigenvalue weighted by Gasteiger charge is -2.25. The van der Waals surface area contributed by atoms with E-state index in [1.54, 1.807) is 18.4 Å². The average molecular weight is 422 g/mol. The molecule has 2 aromatic heterocycles. The van der Waals surface area contributed by atoms with Gasteiger partial charge in [-0.3, -0.25) is 14.3 Å². The molecule has 0 amide bonds. The molecule has 0 fully saturated rings. The summed E-state index contributed by atoms with van der Waals surface area (Å²) in [5, 5.41) is 1.01. The number of aromatic nitrogens is 3. The van der Waals surface area contributed by atoms with Gasteiger partial charge in [-0.05, 0) is 42.2 Å². The molecule has 4 aromatic rings. The van der Waals surface area contributed by atoms with Crippen LogP contribution in [0.1, 0.15) is 31.3 Å². The van der Waals surface area contributed by atoms with Crippen LogP contribution in [-0.4, -0.2) is 21.6 Å². The van der Waals surface area contributed by atoms with E-state index in [4.69, 9.17) is 4.74 Å². The molecule has 0 aliphatic heterocycles. The van der Waals surface area contributed by atoms with Crippen LogP contribution in [0.4, 0.5) is 0 Å². The Bertz CT molecular complexity index is 1370. The highest BCUT2D eigenvalue weighted by atomic mass is 32.1. The summed E-state index contributed by atoms with van der Waals surface area (Å²) in [7, 11) is 1.66. The molecule has 30 heavy (non-hydrogen) atoms. The number of hydrogen-bond acceptors (Lipinski definition) is 5. The van der Waals surface area contributed by atoms with Gasteiger partial charge >= 0.3 is 5.69 Å². The van der Waals surface area contributed by atoms with Gasteiger partial charge in [0, 0.05) is 23.4 Å². The maximum absolute atomic E-state index is 12.5. The zero-order valence-corrected chi connectivity index (χ0v) is 18.4. The van der Waals surface area contributed by atoms with Gasteiger partial charge in [0.15, 0.2) is 0 Å². The first-order valence-corrected chi connectivity index (χ1v) is 10.4. The van der Waals surface area contributed by atoms with Crippen LogP contribution >= 0.6 is 11.3 Å². The summed E-state index contributed by atoms with van der Waals surface area (Å²) in [5.41, 5.74) is 3.32. The number of H-pyrrole nitrogens is 1. The SMILES string of the molecule is COc1c(-c2ccc3nc(C)sc3c2)cc(-n2ccc(=O)[nH]c2=O)cc1C(C)(C)C. The van der Waals surface area contributed by atoms with Crippen LogP contribution < -0.4 is 16.0 Å². The fraction of sp³-hybridized carbons (Fsp3) is 0.261. The van der Waals surface area contributed by atoms with Gasteiger partial charge < -0.3 is 4.74 Å². The molecule has 0 unspecified atom stereocenters. The van der Waals surface area contributed by atoms with Gasteiger partial charge in [-0.25, -0.2) is 9.78 Å². The van der Waals surface area contributed by atoms with Crippen LogP contribution in [0.15, 0.2) is 52.2 Å². The number of nitrogens with one attached hydrogen (secondary N) is 1. The lowest BCUT2D eigenvalue weighted by molar-refractivity contribution is 0.399. The third-order valence-electron chi connectivity index (χ3n) is 4.99. The Morgan fingerprint density at radius 2 is 1.87 bits per heavy atom. The summed E-state index contributed by atoms with van der Waals surface area (Å²) >= 11 is 1.64. The maximum atomic E-state index is 12.5. The van der Waals surface area contributed by atoms with Gasteiger partial charge in [-0.2, -0.15) is 0 Å². The number of nitrogens with zero attached hydrogens (tertiary/aromatic N) is 2. The minimum Gasteiger partial charge on any atom is -0.496 e. The van der Waals surface area contributed by atoms with Crippen LogP contribution in [0.3, 0.4) is 0 Å². The molecule has 0 aliphatic carbocycles. The lowest BCUT2D eigenvalue weighted by Crippen LogP contribution is -2.27. The highest BCUT2D eigenvalue weighted by Gasteiger charge is 2.24. The van der Waals surface area contributed by atoms with E-state index in [0.717, 1.165) is 37.7 Å². The number of hydrogen-bond donors (Lipinski definition) is 1. The fourth-order valence-corrected chi connectivity index (χ4v) is 4.44. The molecule has 0 spiro atoms. The van der Waals surface area contributed by atoms with Crippen molar-refractivity contribution >= 4 is 21.6 Å². The predicted molar refractivity (Wildman–Crippen MR) is 121 cm³/mol. The Balaban J connectivity index is 2.04. The summed E-state index contributed by atoms with van der Waals surface area (Å²) in [4.78, 5) is 30.8. The van der Waals surface area contributed by atoms with E-state index in [0.29, 0.717) is 5.69 Å². The monoisotopic (exact) mass is 421 g/mol. The number of aromatic amines is 1. The molecular weight excluding hydrogens is 398 g/mol. The number of rotatable bonds is 3. The van der Waals surface area contributed by atoms with Crippen molar-refractivity contribution in [1.29, 1.82) is 0 Å². The zero-order valence-electron chi connectivity index (χ0n) is 17.6. The Morgan fingerprint density at radius 3 is 2.53 bits per heavy atom. The first kappa shape index (κ1) is 20.1. The average Bonchev–Trinajstić information content (AvgIpc) is 3.05. The van der Waals surface area contributed by atoms with Crippen LogP contribution in [0, 0.1) is 6.92 Å². The number of fused-ring (bicyclic) bond motifs is 1. The van der Waals surface area contributed by atoms with Crippen molar-refractivity contribution in [1.82, 2.24) is 14.5 Å². The summed E-state index contributed by atoms with van der Waals surface area (Å²) in [6.07, 6.45) is 1.49. The molecule has 2 heterocycles. The number of methoxy groups -OCH3 is 1. The van der Waals surface area contributed by atoms with E-state index in [2.05, 4.69) is 36.8 Å². The lowest BCUT2D eigenvalue weighted by atomic mass is 9.83. The first-order valence-electron chi connectivity index (χ1n) is 9.60. The molecule has 0 bridgehead atoms. The normalized spacial score (nSPS) is 11.8. The molecule has 0 saturated carbocycles. The second-order valence-electron chi connectivity index (χ2n) is 8.22. The van der Waals surface area contributed by atoms with Gasteiger partial charge in [0.05, 0.1) is 28.0 Å². The highest BCUT2D eigenvalue weighted by Crippen LogP contribution is 2.42. The second-order valence-corrected chi connectivity index (χ2v) is 9.45. The van der Waals surface area contributed by atoms with Gasteiger partial charge in [0.2, 0.25) is 0 Å². The van der Waals surface area contributed by atoms with E-state index in [1.165, 1.54) is 16.8 Å². The zero-order chi connectivity index (χ0) is 21.6. The topological polar surface area (TPSA) is 77.0 Å².